The van der Waals surface area contributed by atoms with Crippen molar-refractivity contribution in [2.45, 2.75) is 13.3 Å². The van der Waals surface area contributed by atoms with Gasteiger partial charge in [0, 0.05) is 44.5 Å². The van der Waals surface area contributed by atoms with E-state index < -0.39 is 0 Å². The highest BCUT2D eigenvalue weighted by molar-refractivity contribution is 5.93. The maximum absolute atomic E-state index is 12.4. The molecule has 1 fully saturated rings. The minimum absolute atomic E-state index is 0.0665. The first kappa shape index (κ1) is 20.4. The van der Waals surface area contributed by atoms with E-state index in [1.807, 2.05) is 24.3 Å². The molecule has 2 aromatic carbocycles. The second-order valence-electron chi connectivity index (χ2n) is 7.05. The van der Waals surface area contributed by atoms with Crippen molar-refractivity contribution in [3.05, 3.63) is 54.1 Å². The molecule has 1 saturated heterocycles. The molecule has 3 rings (SSSR count). The van der Waals surface area contributed by atoms with E-state index in [9.17, 15) is 14.9 Å². The zero-order chi connectivity index (χ0) is 20.6. The van der Waals surface area contributed by atoms with Gasteiger partial charge >= 0.3 is 0 Å². The summed E-state index contributed by atoms with van der Waals surface area (Å²) in [7, 11) is 0. The Morgan fingerprint density at radius 2 is 1.66 bits per heavy atom. The van der Waals surface area contributed by atoms with Gasteiger partial charge in [0.15, 0.2) is 0 Å². The second kappa shape index (κ2) is 9.71. The topological polar surface area (TPSA) is 88.5 Å². The molecule has 0 aliphatic carbocycles. The highest BCUT2D eigenvalue weighted by Gasteiger charge is 2.19. The zero-order valence-electron chi connectivity index (χ0n) is 16.5. The molecule has 2 aromatic rings. The molecular weight excluding hydrogens is 366 g/mol. The van der Waals surface area contributed by atoms with Crippen LogP contribution in [0.5, 0.6) is 0 Å². The number of rotatable bonds is 5. The third-order valence-electron chi connectivity index (χ3n) is 4.81. The molecule has 0 saturated carbocycles. The number of carbonyl (C=O) groups excluding carboxylic acids is 2. The molecule has 7 heteroatoms. The van der Waals surface area contributed by atoms with Crippen molar-refractivity contribution in [3.63, 3.8) is 0 Å². The van der Waals surface area contributed by atoms with Gasteiger partial charge in [0.2, 0.25) is 11.8 Å². The molecule has 2 amide bonds. The highest BCUT2D eigenvalue weighted by atomic mass is 16.2. The van der Waals surface area contributed by atoms with Gasteiger partial charge in [-0.25, -0.2) is 0 Å². The van der Waals surface area contributed by atoms with E-state index in [4.69, 9.17) is 0 Å². The Hall–Kier alpha value is -3.37. The lowest BCUT2D eigenvalue weighted by Gasteiger charge is -2.24. The summed E-state index contributed by atoms with van der Waals surface area (Å²) in [5, 5.41) is 14.9. The van der Waals surface area contributed by atoms with Crippen LogP contribution in [0.3, 0.4) is 0 Å². The smallest absolute Gasteiger partial charge is 0.238 e. The summed E-state index contributed by atoms with van der Waals surface area (Å²) in [4.78, 5) is 27.9. The molecule has 150 valence electrons. The summed E-state index contributed by atoms with van der Waals surface area (Å²) in [5.74, 6) is -0.197. The van der Waals surface area contributed by atoms with Crippen LogP contribution in [0.4, 0.5) is 17.1 Å². The monoisotopic (exact) mass is 391 g/mol. The van der Waals surface area contributed by atoms with Crippen LogP contribution in [0, 0.1) is 11.3 Å². The first-order valence-corrected chi connectivity index (χ1v) is 9.69. The van der Waals surface area contributed by atoms with Gasteiger partial charge in [0.25, 0.3) is 0 Å². The molecule has 0 bridgehead atoms. The minimum Gasteiger partial charge on any atom is -0.369 e. The zero-order valence-corrected chi connectivity index (χ0v) is 16.5. The number of para-hydroxylation sites is 1. The van der Waals surface area contributed by atoms with Crippen molar-refractivity contribution < 1.29 is 9.59 Å². The number of benzene rings is 2. The highest BCUT2D eigenvalue weighted by Crippen LogP contribution is 2.21. The van der Waals surface area contributed by atoms with Crippen molar-refractivity contribution in [2.24, 2.45) is 0 Å². The Bertz CT molecular complexity index is 904. The van der Waals surface area contributed by atoms with Crippen molar-refractivity contribution >= 4 is 28.9 Å². The quantitative estimate of drug-likeness (QED) is 0.818. The van der Waals surface area contributed by atoms with Crippen LogP contribution < -0.4 is 15.5 Å². The molecular formula is C22H25N5O2. The van der Waals surface area contributed by atoms with Gasteiger partial charge in [-0.2, -0.15) is 5.26 Å². The van der Waals surface area contributed by atoms with Gasteiger partial charge in [-0.15, -0.1) is 0 Å². The predicted molar refractivity (Wildman–Crippen MR) is 114 cm³/mol. The Morgan fingerprint density at radius 1 is 0.966 bits per heavy atom. The fourth-order valence-electron chi connectivity index (χ4n) is 3.46. The van der Waals surface area contributed by atoms with Gasteiger partial charge < -0.3 is 15.5 Å². The van der Waals surface area contributed by atoms with Gasteiger partial charge in [0.05, 0.1) is 17.8 Å². The van der Waals surface area contributed by atoms with Gasteiger partial charge in [-0.3, -0.25) is 14.5 Å². The number of nitriles is 1. The molecule has 0 radical (unpaired) electrons. The number of nitrogens with one attached hydrogen (secondary N) is 2. The number of anilines is 3. The first-order chi connectivity index (χ1) is 14.0. The number of hydrogen-bond donors (Lipinski definition) is 2. The van der Waals surface area contributed by atoms with Crippen molar-refractivity contribution in [1.82, 2.24) is 4.90 Å². The first-order valence-electron chi connectivity index (χ1n) is 9.69. The predicted octanol–water partition coefficient (Wildman–Crippen LogP) is 2.67. The lowest BCUT2D eigenvalue weighted by Crippen LogP contribution is -2.36. The largest absolute Gasteiger partial charge is 0.369 e. The maximum atomic E-state index is 12.4. The molecule has 1 heterocycles. The minimum atomic E-state index is -0.130. The van der Waals surface area contributed by atoms with E-state index in [1.165, 1.54) is 6.92 Å². The summed E-state index contributed by atoms with van der Waals surface area (Å²) in [6.45, 7) is 5.01. The van der Waals surface area contributed by atoms with Crippen molar-refractivity contribution in [3.8, 4) is 6.07 Å². The average Bonchev–Trinajstić information content (AvgIpc) is 2.94. The van der Waals surface area contributed by atoms with E-state index in [1.54, 1.807) is 24.3 Å². The normalized spacial score (nSPS) is 14.6. The van der Waals surface area contributed by atoms with Crippen molar-refractivity contribution in [2.75, 3.05) is 48.3 Å². The number of carbonyl (C=O) groups is 2. The number of hydrogen-bond acceptors (Lipinski definition) is 5. The molecule has 2 N–H and O–H groups in total. The molecule has 0 spiro atoms. The summed E-state index contributed by atoms with van der Waals surface area (Å²) < 4.78 is 0. The van der Waals surface area contributed by atoms with Crippen LogP contribution >= 0.6 is 0 Å². The van der Waals surface area contributed by atoms with E-state index in [0.717, 1.165) is 38.3 Å². The third-order valence-corrected chi connectivity index (χ3v) is 4.81. The van der Waals surface area contributed by atoms with Gasteiger partial charge in [-0.1, -0.05) is 12.1 Å². The van der Waals surface area contributed by atoms with Crippen LogP contribution in [-0.4, -0.2) is 49.4 Å². The Kier molecular flexibility index (Phi) is 6.82. The summed E-state index contributed by atoms with van der Waals surface area (Å²) in [5.41, 5.74) is 3.03. The third kappa shape index (κ3) is 5.80. The van der Waals surface area contributed by atoms with E-state index in [2.05, 4.69) is 26.5 Å². The van der Waals surface area contributed by atoms with E-state index >= 15 is 0 Å². The molecule has 29 heavy (non-hydrogen) atoms. The molecule has 1 aliphatic rings. The van der Waals surface area contributed by atoms with Crippen molar-refractivity contribution in [1.29, 1.82) is 5.26 Å². The summed E-state index contributed by atoms with van der Waals surface area (Å²) in [6, 6.07) is 16.9. The molecule has 0 unspecified atom stereocenters. The van der Waals surface area contributed by atoms with Gasteiger partial charge in [0.1, 0.15) is 6.07 Å². The average molecular weight is 391 g/mol. The fraction of sp³-hybridized carbons (Fsp3) is 0.318. The van der Waals surface area contributed by atoms with Gasteiger partial charge in [-0.05, 0) is 42.8 Å². The summed E-state index contributed by atoms with van der Waals surface area (Å²) >= 11 is 0. The van der Waals surface area contributed by atoms with Crippen LogP contribution in [-0.2, 0) is 9.59 Å². The number of amides is 2. The Balaban J connectivity index is 1.52. The fourth-order valence-corrected chi connectivity index (χ4v) is 3.46. The van der Waals surface area contributed by atoms with E-state index in [0.29, 0.717) is 23.5 Å². The van der Waals surface area contributed by atoms with Crippen LogP contribution in [0.1, 0.15) is 18.9 Å². The molecule has 7 nitrogen and oxygen atoms in total. The lowest BCUT2D eigenvalue weighted by molar-refractivity contribution is -0.117. The Morgan fingerprint density at radius 3 is 2.34 bits per heavy atom. The van der Waals surface area contributed by atoms with Crippen LogP contribution in [0.25, 0.3) is 0 Å². The molecule has 0 aromatic heterocycles. The molecule has 1 aliphatic heterocycles. The SMILES string of the molecule is CC(=O)Nc1ccc(NC(=O)CN2CCCN(c3ccccc3C#N)CC2)cc1. The lowest BCUT2D eigenvalue weighted by atomic mass is 10.1. The molecule has 0 atom stereocenters. The maximum Gasteiger partial charge on any atom is 0.238 e. The second-order valence-corrected chi connectivity index (χ2v) is 7.05. The van der Waals surface area contributed by atoms with Crippen LogP contribution in [0.2, 0.25) is 0 Å². The van der Waals surface area contributed by atoms with Crippen LogP contribution in [0.15, 0.2) is 48.5 Å². The Labute approximate surface area is 170 Å². The number of nitrogens with zero attached hydrogens (tertiary/aromatic N) is 3. The standard InChI is InChI=1S/C22H25N5O2/c1-17(28)24-19-7-9-20(10-8-19)25-22(29)16-26-11-4-12-27(14-13-26)21-6-3-2-5-18(21)15-23/h2-3,5-10H,4,11-14,16H2,1H3,(H,24,28)(H,25,29). The van der Waals surface area contributed by atoms with E-state index in [-0.39, 0.29) is 11.8 Å². The summed E-state index contributed by atoms with van der Waals surface area (Å²) in [6.07, 6.45) is 0.929.